The topological polar surface area (TPSA) is 32.8 Å². The number of likely N-dealkylation sites (tertiary alicyclic amines) is 2. The van der Waals surface area contributed by atoms with Gasteiger partial charge < -0.3 is 14.5 Å². The van der Waals surface area contributed by atoms with Crippen LogP contribution in [0.1, 0.15) is 33.6 Å². The third-order valence-corrected chi connectivity index (χ3v) is 3.71. The SMILES string of the molecule is CC(C)(C)OC(=O)N1CC(CN2CCC(F)(F)CC2)C1. The van der Waals surface area contributed by atoms with Gasteiger partial charge in [0.25, 0.3) is 5.92 Å². The second-order valence-corrected chi connectivity index (χ2v) is 6.91. The van der Waals surface area contributed by atoms with Gasteiger partial charge in [0.15, 0.2) is 0 Å². The Balaban J connectivity index is 1.66. The number of nitrogens with zero attached hydrogens (tertiary/aromatic N) is 2. The van der Waals surface area contributed by atoms with Gasteiger partial charge in [0.05, 0.1) is 0 Å². The molecule has 0 atom stereocenters. The van der Waals surface area contributed by atoms with Crippen molar-refractivity contribution in [1.29, 1.82) is 0 Å². The normalized spacial score (nSPS) is 24.4. The van der Waals surface area contributed by atoms with Crippen LogP contribution in [0.4, 0.5) is 13.6 Å². The number of carbonyl (C=O) groups is 1. The molecule has 2 aliphatic rings. The van der Waals surface area contributed by atoms with Crippen LogP contribution in [0.15, 0.2) is 0 Å². The largest absolute Gasteiger partial charge is 0.444 e. The Bertz CT molecular complexity index is 353. The van der Waals surface area contributed by atoms with Crippen LogP contribution in [0, 0.1) is 5.92 Å². The van der Waals surface area contributed by atoms with E-state index in [1.54, 1.807) is 4.90 Å². The fourth-order valence-electron chi connectivity index (χ4n) is 2.59. The van der Waals surface area contributed by atoms with Crippen molar-refractivity contribution >= 4 is 6.09 Å². The molecule has 0 spiro atoms. The van der Waals surface area contributed by atoms with Crippen molar-refractivity contribution in [3.05, 3.63) is 0 Å². The average molecular weight is 290 g/mol. The zero-order valence-corrected chi connectivity index (χ0v) is 12.5. The number of carbonyl (C=O) groups excluding carboxylic acids is 1. The molecule has 0 aliphatic carbocycles. The van der Waals surface area contributed by atoms with Gasteiger partial charge in [-0.2, -0.15) is 0 Å². The lowest BCUT2D eigenvalue weighted by Gasteiger charge is -2.43. The maximum absolute atomic E-state index is 13.0. The lowest BCUT2D eigenvalue weighted by Crippen LogP contribution is -2.55. The fourth-order valence-corrected chi connectivity index (χ4v) is 2.59. The maximum Gasteiger partial charge on any atom is 0.410 e. The van der Waals surface area contributed by atoms with E-state index in [4.69, 9.17) is 4.74 Å². The second-order valence-electron chi connectivity index (χ2n) is 6.91. The quantitative estimate of drug-likeness (QED) is 0.783. The minimum atomic E-state index is -2.49. The van der Waals surface area contributed by atoms with Gasteiger partial charge in [-0.05, 0) is 20.8 Å². The van der Waals surface area contributed by atoms with E-state index in [9.17, 15) is 13.6 Å². The summed E-state index contributed by atoms with van der Waals surface area (Å²) in [6.45, 7) is 8.58. The van der Waals surface area contributed by atoms with Crippen LogP contribution in [0.25, 0.3) is 0 Å². The van der Waals surface area contributed by atoms with Crippen molar-refractivity contribution in [3.8, 4) is 0 Å². The molecule has 0 bridgehead atoms. The number of hydrogen-bond donors (Lipinski definition) is 0. The van der Waals surface area contributed by atoms with E-state index in [0.717, 1.165) is 6.54 Å². The van der Waals surface area contributed by atoms with Gasteiger partial charge in [0.1, 0.15) is 5.60 Å². The van der Waals surface area contributed by atoms with Crippen LogP contribution in [0.5, 0.6) is 0 Å². The molecule has 0 radical (unpaired) electrons. The standard InChI is InChI=1S/C14H24F2N2O2/c1-13(2,3)20-12(19)18-9-11(10-18)8-17-6-4-14(15,16)5-7-17/h11H,4-10H2,1-3H3. The number of piperidine rings is 1. The van der Waals surface area contributed by atoms with E-state index >= 15 is 0 Å². The van der Waals surface area contributed by atoms with E-state index in [1.165, 1.54) is 0 Å². The minimum absolute atomic E-state index is 0.0461. The molecule has 2 fully saturated rings. The van der Waals surface area contributed by atoms with Gasteiger partial charge in [0.2, 0.25) is 0 Å². The Labute approximate surface area is 119 Å². The summed E-state index contributed by atoms with van der Waals surface area (Å²) in [7, 11) is 0. The van der Waals surface area contributed by atoms with Crippen molar-refractivity contribution in [2.45, 2.75) is 45.1 Å². The Kier molecular flexibility index (Phi) is 4.23. The van der Waals surface area contributed by atoms with Gasteiger partial charge in [-0.25, -0.2) is 13.6 Å². The smallest absolute Gasteiger partial charge is 0.410 e. The highest BCUT2D eigenvalue weighted by atomic mass is 19.3. The number of amides is 1. The molecule has 2 saturated heterocycles. The summed E-state index contributed by atoms with van der Waals surface area (Å²) >= 11 is 0. The molecule has 0 N–H and O–H groups in total. The van der Waals surface area contributed by atoms with E-state index in [0.29, 0.717) is 32.1 Å². The van der Waals surface area contributed by atoms with Crippen LogP contribution in [-0.4, -0.2) is 60.1 Å². The molecule has 0 aromatic carbocycles. The molecule has 4 nitrogen and oxygen atoms in total. The van der Waals surface area contributed by atoms with Crippen LogP contribution >= 0.6 is 0 Å². The summed E-state index contributed by atoms with van der Waals surface area (Å²) in [4.78, 5) is 15.5. The molecule has 1 amide bonds. The summed E-state index contributed by atoms with van der Waals surface area (Å²) in [6.07, 6.45) is -0.371. The van der Waals surface area contributed by atoms with Crippen LogP contribution < -0.4 is 0 Å². The first-order chi connectivity index (χ1) is 9.15. The third kappa shape index (κ3) is 4.30. The molecule has 2 rings (SSSR count). The fraction of sp³-hybridized carbons (Fsp3) is 0.929. The van der Waals surface area contributed by atoms with Crippen molar-refractivity contribution in [2.75, 3.05) is 32.7 Å². The van der Waals surface area contributed by atoms with Crippen molar-refractivity contribution in [2.24, 2.45) is 5.92 Å². The molecule has 0 aromatic rings. The van der Waals surface area contributed by atoms with Gasteiger partial charge in [-0.1, -0.05) is 0 Å². The van der Waals surface area contributed by atoms with Crippen molar-refractivity contribution < 1.29 is 18.3 Å². The zero-order chi connectivity index (χ0) is 15.0. The van der Waals surface area contributed by atoms with E-state index in [2.05, 4.69) is 4.90 Å². The summed E-state index contributed by atoms with van der Waals surface area (Å²) in [5.74, 6) is -2.10. The van der Waals surface area contributed by atoms with Crippen LogP contribution in [-0.2, 0) is 4.74 Å². The number of hydrogen-bond acceptors (Lipinski definition) is 3. The minimum Gasteiger partial charge on any atom is -0.444 e. The van der Waals surface area contributed by atoms with E-state index in [1.807, 2.05) is 20.8 Å². The predicted octanol–water partition coefficient (Wildman–Crippen LogP) is 2.58. The van der Waals surface area contributed by atoms with Crippen LogP contribution in [0.3, 0.4) is 0 Å². The maximum atomic E-state index is 13.0. The number of alkyl halides is 2. The third-order valence-electron chi connectivity index (χ3n) is 3.71. The first kappa shape index (κ1) is 15.5. The highest BCUT2D eigenvalue weighted by molar-refractivity contribution is 5.69. The van der Waals surface area contributed by atoms with E-state index < -0.39 is 11.5 Å². The average Bonchev–Trinajstić information content (AvgIpc) is 2.22. The van der Waals surface area contributed by atoms with Gasteiger partial charge >= 0.3 is 6.09 Å². The Morgan fingerprint density at radius 1 is 1.25 bits per heavy atom. The summed E-state index contributed by atoms with van der Waals surface area (Å²) in [5, 5.41) is 0. The van der Waals surface area contributed by atoms with Gasteiger partial charge in [-0.15, -0.1) is 0 Å². The molecule has 0 aromatic heterocycles. The number of halogens is 2. The Morgan fingerprint density at radius 3 is 2.30 bits per heavy atom. The summed E-state index contributed by atoms with van der Waals surface area (Å²) < 4.78 is 31.4. The molecular formula is C14H24F2N2O2. The monoisotopic (exact) mass is 290 g/mol. The predicted molar refractivity (Wildman–Crippen MR) is 71.9 cm³/mol. The highest BCUT2D eigenvalue weighted by Gasteiger charge is 2.38. The number of ether oxygens (including phenoxy) is 1. The first-order valence-electron chi connectivity index (χ1n) is 7.23. The highest BCUT2D eigenvalue weighted by Crippen LogP contribution is 2.29. The summed E-state index contributed by atoms with van der Waals surface area (Å²) in [6, 6.07) is 0. The zero-order valence-electron chi connectivity index (χ0n) is 12.5. The van der Waals surface area contributed by atoms with Gasteiger partial charge in [0, 0.05) is 51.5 Å². The van der Waals surface area contributed by atoms with Crippen molar-refractivity contribution in [3.63, 3.8) is 0 Å². The molecule has 6 heteroatoms. The molecular weight excluding hydrogens is 266 g/mol. The molecule has 116 valence electrons. The molecule has 20 heavy (non-hydrogen) atoms. The van der Waals surface area contributed by atoms with E-state index in [-0.39, 0.29) is 18.9 Å². The molecule has 0 saturated carbocycles. The lowest BCUT2D eigenvalue weighted by atomic mass is 9.98. The number of rotatable bonds is 2. The second kappa shape index (κ2) is 5.47. The summed E-state index contributed by atoms with van der Waals surface area (Å²) in [5.41, 5.74) is -0.472. The van der Waals surface area contributed by atoms with Gasteiger partial charge in [-0.3, -0.25) is 0 Å². The molecule has 2 aliphatic heterocycles. The lowest BCUT2D eigenvalue weighted by molar-refractivity contribution is -0.0628. The molecule has 0 unspecified atom stereocenters. The first-order valence-corrected chi connectivity index (χ1v) is 7.23. The van der Waals surface area contributed by atoms with Crippen molar-refractivity contribution in [1.82, 2.24) is 9.80 Å². The Hall–Kier alpha value is -0.910. The van der Waals surface area contributed by atoms with Crippen LogP contribution in [0.2, 0.25) is 0 Å². The molecule has 2 heterocycles. The Morgan fingerprint density at radius 2 is 1.80 bits per heavy atom.